The van der Waals surface area contributed by atoms with Crippen LogP contribution in [0, 0.1) is 6.42 Å². The molecule has 0 fully saturated rings. The minimum absolute atomic E-state index is 0. The smallest absolute Gasteiger partial charge is 1.00 e. The molecule has 0 aliphatic carbocycles. The van der Waals surface area contributed by atoms with E-state index in [1.807, 2.05) is 20.3 Å². The monoisotopic (exact) mass is 315 g/mol. The van der Waals surface area contributed by atoms with Gasteiger partial charge in [0.05, 0.1) is 11.4 Å². The molecule has 1 aromatic heterocycles. The van der Waals surface area contributed by atoms with Crippen molar-refractivity contribution in [1.29, 1.82) is 0 Å². The molecule has 0 radical (unpaired) electrons. The predicted molar refractivity (Wildman–Crippen MR) is 71.8 cm³/mol. The van der Waals surface area contributed by atoms with Gasteiger partial charge in [-0.25, -0.2) is 0 Å². The fourth-order valence-corrected chi connectivity index (χ4v) is 1.10. The zero-order valence-corrected chi connectivity index (χ0v) is 13.8. The van der Waals surface area contributed by atoms with Crippen LogP contribution >= 0.6 is 11.6 Å². The normalized spacial score (nSPS) is 8.16. The summed E-state index contributed by atoms with van der Waals surface area (Å²) in [4.78, 5) is 25.3. The van der Waals surface area contributed by atoms with Gasteiger partial charge in [0.15, 0.2) is 5.78 Å². The number of hydrogen-bond donors (Lipinski definition) is 1. The van der Waals surface area contributed by atoms with Gasteiger partial charge in [0.1, 0.15) is 0 Å². The maximum atomic E-state index is 11.3. The fraction of sp³-hybridized carbons (Fsp3) is 0.333. The Bertz CT molecular complexity index is 389. The summed E-state index contributed by atoms with van der Waals surface area (Å²) < 4.78 is 0. The van der Waals surface area contributed by atoms with E-state index in [-0.39, 0.29) is 54.1 Å². The number of carbonyl (C=O) groups is 2. The molecule has 1 aromatic rings. The summed E-state index contributed by atoms with van der Waals surface area (Å²) in [6.45, 7) is 4.00. The van der Waals surface area contributed by atoms with Gasteiger partial charge in [0.25, 0.3) is 0 Å². The van der Waals surface area contributed by atoms with Crippen LogP contribution in [0.5, 0.6) is 0 Å². The molecular formula is C12H15Cl2MgNO3. The first-order valence-corrected chi connectivity index (χ1v) is 5.48. The Morgan fingerprint density at radius 2 is 1.84 bits per heavy atom. The molecule has 0 saturated heterocycles. The zero-order chi connectivity index (χ0) is 13.3. The van der Waals surface area contributed by atoms with Gasteiger partial charge in [-0.05, 0) is 6.07 Å². The number of pyridine rings is 1. The van der Waals surface area contributed by atoms with E-state index in [4.69, 9.17) is 16.7 Å². The van der Waals surface area contributed by atoms with E-state index >= 15 is 0 Å². The third-order valence-electron chi connectivity index (χ3n) is 1.59. The minimum Gasteiger partial charge on any atom is -1.00 e. The maximum Gasteiger partial charge on any atom is 2.00 e. The Morgan fingerprint density at radius 3 is 2.26 bits per heavy atom. The van der Waals surface area contributed by atoms with Crippen LogP contribution in [-0.2, 0) is 4.79 Å². The van der Waals surface area contributed by atoms with Crippen LogP contribution in [0.2, 0.25) is 5.02 Å². The largest absolute Gasteiger partial charge is 2.00 e. The number of aliphatic carboxylic acids is 1. The van der Waals surface area contributed by atoms with Crippen molar-refractivity contribution in [3.8, 4) is 0 Å². The van der Waals surface area contributed by atoms with Crippen LogP contribution in [-0.4, -0.2) is 44.9 Å². The number of halogens is 2. The van der Waals surface area contributed by atoms with Crippen molar-refractivity contribution in [1.82, 2.24) is 4.98 Å². The van der Waals surface area contributed by atoms with Crippen LogP contribution < -0.4 is 12.4 Å². The molecule has 0 atom stereocenters. The first-order chi connectivity index (χ1) is 8.01. The first kappa shape index (κ1) is 23.7. The predicted octanol–water partition coefficient (Wildman–Crippen LogP) is -0.364. The third kappa shape index (κ3) is 12.4. The molecule has 1 rings (SSSR count). The van der Waals surface area contributed by atoms with E-state index in [0.717, 1.165) is 0 Å². The molecule has 0 spiro atoms. The number of carboxylic acids is 1. The van der Waals surface area contributed by atoms with Crippen molar-refractivity contribution < 1.29 is 27.1 Å². The van der Waals surface area contributed by atoms with Crippen molar-refractivity contribution in [2.24, 2.45) is 0 Å². The summed E-state index contributed by atoms with van der Waals surface area (Å²) in [6.07, 6.45) is 4.58. The van der Waals surface area contributed by atoms with Gasteiger partial charge in [0, 0.05) is 24.4 Å². The summed E-state index contributed by atoms with van der Waals surface area (Å²) >= 11 is 5.62. The maximum absolute atomic E-state index is 11.3. The number of Topliss-reactive ketones (excluding diaryl/α,β-unsaturated/α-hetero) is 1. The molecule has 0 saturated carbocycles. The number of aromatic nitrogens is 1. The fourth-order valence-electron chi connectivity index (χ4n) is 0.929. The quantitative estimate of drug-likeness (QED) is 0.468. The van der Waals surface area contributed by atoms with E-state index in [0.29, 0.717) is 10.6 Å². The van der Waals surface area contributed by atoms with Gasteiger partial charge in [0.2, 0.25) is 0 Å². The van der Waals surface area contributed by atoms with E-state index in [1.165, 1.54) is 18.5 Å². The Kier molecular flexibility index (Phi) is 17.5. The van der Waals surface area contributed by atoms with Crippen molar-refractivity contribution in [2.75, 3.05) is 0 Å². The van der Waals surface area contributed by atoms with Crippen molar-refractivity contribution in [2.45, 2.75) is 26.7 Å². The Balaban J connectivity index is -0.000000468. The molecule has 0 bridgehead atoms. The van der Waals surface area contributed by atoms with Crippen LogP contribution in [0.3, 0.4) is 0 Å². The second-order valence-electron chi connectivity index (χ2n) is 3.29. The molecule has 0 amide bonds. The van der Waals surface area contributed by atoms with E-state index < -0.39 is 5.97 Å². The number of carboxylic acid groups (broad SMARTS) is 1. The molecule has 0 aromatic carbocycles. The Labute approximate surface area is 140 Å². The van der Waals surface area contributed by atoms with Gasteiger partial charge in [-0.1, -0.05) is 11.6 Å². The molecule has 0 aliphatic heterocycles. The average Bonchev–Trinajstić information content (AvgIpc) is 2.27. The van der Waals surface area contributed by atoms with Gasteiger partial charge >= 0.3 is 29.0 Å². The topological polar surface area (TPSA) is 67.3 Å². The van der Waals surface area contributed by atoms with Crippen molar-refractivity contribution in [3.05, 3.63) is 35.5 Å². The number of nitrogens with zero attached hydrogens (tertiary/aromatic N) is 1. The molecule has 7 heteroatoms. The van der Waals surface area contributed by atoms with E-state index in [9.17, 15) is 9.59 Å². The van der Waals surface area contributed by atoms with Crippen LogP contribution in [0.1, 0.15) is 37.0 Å². The number of hydrogen-bond acceptors (Lipinski definition) is 3. The molecule has 1 N–H and O–H groups in total. The van der Waals surface area contributed by atoms with E-state index in [2.05, 4.69) is 4.98 Å². The first-order valence-electron chi connectivity index (χ1n) is 5.10. The summed E-state index contributed by atoms with van der Waals surface area (Å²) in [5, 5.41) is 8.74. The number of carbonyl (C=O) groups excluding carboxylic acids is 1. The third-order valence-corrected chi connectivity index (χ3v) is 1.80. The number of rotatable bonds is 4. The second kappa shape index (κ2) is 14.1. The van der Waals surface area contributed by atoms with Crippen LogP contribution in [0.4, 0.5) is 0 Å². The minimum atomic E-state index is -0.992. The SMILES string of the molecule is C[CH-]C.O=C(O)CCC(=O)c1cncc(Cl)c1.[Cl-].[Mg+2]. The zero-order valence-electron chi connectivity index (χ0n) is 10.9. The molecule has 102 valence electrons. The summed E-state index contributed by atoms with van der Waals surface area (Å²) in [6, 6.07) is 1.47. The van der Waals surface area contributed by atoms with E-state index in [1.54, 1.807) is 0 Å². The van der Waals surface area contributed by atoms with Crippen molar-refractivity contribution in [3.63, 3.8) is 0 Å². The van der Waals surface area contributed by atoms with Crippen LogP contribution in [0.15, 0.2) is 18.5 Å². The number of ketones is 1. The standard InChI is InChI=1S/C9H8ClNO3.C3H7.ClH.Mg/c10-7-3-6(4-11-5-7)8(12)1-2-9(13)14;1-3-2;;/h3-5H,1-2H2,(H,13,14);3H,1-2H3;1H;/q;-1;;+2/p-1. The van der Waals surface area contributed by atoms with Gasteiger partial charge < -0.3 is 23.9 Å². The van der Waals surface area contributed by atoms with Crippen LogP contribution in [0.25, 0.3) is 0 Å². The average molecular weight is 316 g/mol. The summed E-state index contributed by atoms with van der Waals surface area (Å²) in [7, 11) is 0. The van der Waals surface area contributed by atoms with Gasteiger partial charge in [-0.2, -0.15) is 13.8 Å². The molecule has 1 heterocycles. The molecule has 0 unspecified atom stereocenters. The van der Waals surface area contributed by atoms with Gasteiger partial charge in [-0.15, -0.1) is 0 Å². The van der Waals surface area contributed by atoms with Crippen molar-refractivity contribution >= 4 is 46.4 Å². The molecule has 4 nitrogen and oxygen atoms in total. The van der Waals surface area contributed by atoms with Gasteiger partial charge in [-0.3, -0.25) is 14.6 Å². The molecule has 0 aliphatic rings. The molecule has 19 heavy (non-hydrogen) atoms. The Hall–Kier alpha value is -0.364. The summed E-state index contributed by atoms with van der Waals surface area (Å²) in [5.74, 6) is -1.25. The summed E-state index contributed by atoms with van der Waals surface area (Å²) in [5.41, 5.74) is 0.346. The second-order valence-corrected chi connectivity index (χ2v) is 3.72. The molecular weight excluding hydrogens is 301 g/mol. The Morgan fingerprint density at radius 1 is 1.32 bits per heavy atom.